The summed E-state index contributed by atoms with van der Waals surface area (Å²) in [6, 6.07) is 21.7. The lowest BCUT2D eigenvalue weighted by molar-refractivity contribution is -0.124. The maximum Gasteiger partial charge on any atom is 0.254 e. The van der Waals surface area contributed by atoms with E-state index in [0.29, 0.717) is 67.0 Å². The fourth-order valence-corrected chi connectivity index (χ4v) is 5.90. The lowest BCUT2D eigenvalue weighted by Crippen LogP contribution is -2.57. The molecule has 48 heavy (non-hydrogen) atoms. The number of hydrogen-bond donors (Lipinski definition) is 1. The summed E-state index contributed by atoms with van der Waals surface area (Å²) in [5.74, 6) is 1.07. The number of ether oxygens (including phenoxy) is 3. The van der Waals surface area contributed by atoms with Crippen molar-refractivity contribution >= 4 is 17.7 Å². The first-order valence-corrected chi connectivity index (χ1v) is 16.3. The van der Waals surface area contributed by atoms with E-state index in [1.165, 1.54) is 4.90 Å². The van der Waals surface area contributed by atoms with Crippen LogP contribution in [0.1, 0.15) is 52.1 Å². The van der Waals surface area contributed by atoms with Crippen LogP contribution in [0.15, 0.2) is 85.2 Å². The van der Waals surface area contributed by atoms with Crippen molar-refractivity contribution < 1.29 is 28.6 Å². The summed E-state index contributed by atoms with van der Waals surface area (Å²) in [7, 11) is 1.59. The first-order chi connectivity index (χ1) is 23.2. The van der Waals surface area contributed by atoms with Crippen molar-refractivity contribution in [2.75, 3.05) is 33.3 Å². The van der Waals surface area contributed by atoms with E-state index in [1.807, 2.05) is 79.3 Å². The third kappa shape index (κ3) is 8.21. The Bertz CT molecular complexity index is 1760. The predicted octanol–water partition coefficient (Wildman–Crippen LogP) is 4.76. The Morgan fingerprint density at radius 3 is 2.71 bits per heavy atom. The predicted molar refractivity (Wildman–Crippen MR) is 179 cm³/mol. The minimum Gasteiger partial charge on any atom is -0.493 e. The standard InChI is InChI=1S/C37H41N5O6/c1-25(2)23-46-31-17-29-18-32(19-31)48-30-10-5-8-27(16-30)24-47-34-21-41(14-11-33(34)39-35(43)22-40(3)36(29)44)37(45)28-9-4-7-26(15-28)20-42-13-6-12-38-42/h4-10,12-13,15-19,25,33-34H,11,14,20-24H2,1-3H3,(H,39,43)/t33-,34-/m0/s1. The van der Waals surface area contributed by atoms with Crippen LogP contribution in [0.4, 0.5) is 0 Å². The summed E-state index contributed by atoms with van der Waals surface area (Å²) in [4.78, 5) is 43.7. The Kier molecular flexibility index (Phi) is 10.1. The molecule has 3 heterocycles. The third-order valence-corrected chi connectivity index (χ3v) is 8.31. The fraction of sp³-hybridized carbons (Fsp3) is 0.351. The van der Waals surface area contributed by atoms with Gasteiger partial charge in [0.25, 0.3) is 11.8 Å². The molecule has 11 heteroatoms. The quantitative estimate of drug-likeness (QED) is 0.320. The van der Waals surface area contributed by atoms with E-state index in [2.05, 4.69) is 10.4 Å². The SMILES string of the molecule is CC(C)COc1cc2cc(c1)C(=O)N(C)CC(=O)N[C@H]1CCN(C(=O)c3cccc(Cn4cccn4)c3)C[C@@H]1OCc1cccc(c1)O2. The minimum absolute atomic E-state index is 0.101. The zero-order valence-corrected chi connectivity index (χ0v) is 27.5. The van der Waals surface area contributed by atoms with Crippen molar-refractivity contribution in [2.24, 2.45) is 5.92 Å². The van der Waals surface area contributed by atoms with Gasteiger partial charge >= 0.3 is 0 Å². The molecule has 4 bridgehead atoms. The van der Waals surface area contributed by atoms with Gasteiger partial charge in [-0.15, -0.1) is 0 Å². The van der Waals surface area contributed by atoms with Crippen LogP contribution in [0.25, 0.3) is 0 Å². The second-order valence-corrected chi connectivity index (χ2v) is 12.8. The van der Waals surface area contributed by atoms with E-state index in [9.17, 15) is 14.4 Å². The van der Waals surface area contributed by atoms with Gasteiger partial charge < -0.3 is 29.3 Å². The first-order valence-electron chi connectivity index (χ1n) is 16.3. The molecule has 1 N–H and O–H groups in total. The molecule has 4 aromatic rings. The smallest absolute Gasteiger partial charge is 0.254 e. The van der Waals surface area contributed by atoms with Crippen LogP contribution in [-0.2, 0) is 22.7 Å². The lowest BCUT2D eigenvalue weighted by Gasteiger charge is -2.39. The number of nitrogens with one attached hydrogen (secondary N) is 1. The highest BCUT2D eigenvalue weighted by Crippen LogP contribution is 2.30. The topological polar surface area (TPSA) is 115 Å². The summed E-state index contributed by atoms with van der Waals surface area (Å²) in [5.41, 5.74) is 2.77. The number of fused-ring (bicyclic) bond motifs is 5. The molecule has 11 nitrogen and oxygen atoms in total. The Morgan fingerprint density at radius 2 is 1.90 bits per heavy atom. The average molecular weight is 652 g/mol. The molecular formula is C37H41N5O6. The highest BCUT2D eigenvalue weighted by Gasteiger charge is 2.34. The number of amides is 3. The molecule has 6 rings (SSSR count). The van der Waals surface area contributed by atoms with E-state index in [-0.39, 0.29) is 36.9 Å². The fourth-order valence-electron chi connectivity index (χ4n) is 5.90. The van der Waals surface area contributed by atoms with E-state index < -0.39 is 6.10 Å². The molecule has 0 spiro atoms. The molecule has 0 saturated carbocycles. The van der Waals surface area contributed by atoms with Crippen molar-refractivity contribution in [3.8, 4) is 17.2 Å². The largest absolute Gasteiger partial charge is 0.493 e. The van der Waals surface area contributed by atoms with Crippen LogP contribution in [0, 0.1) is 5.92 Å². The molecule has 3 amide bonds. The zero-order chi connectivity index (χ0) is 33.6. The summed E-state index contributed by atoms with van der Waals surface area (Å²) in [6.07, 6.45) is 3.62. The molecule has 0 radical (unpaired) electrons. The number of nitrogens with zero attached hydrogens (tertiary/aromatic N) is 4. The van der Waals surface area contributed by atoms with Crippen LogP contribution in [0.3, 0.4) is 0 Å². The van der Waals surface area contributed by atoms with Crippen molar-refractivity contribution in [2.45, 2.75) is 45.6 Å². The summed E-state index contributed by atoms with van der Waals surface area (Å²) in [6.45, 7) is 5.96. The molecule has 1 aromatic heterocycles. The van der Waals surface area contributed by atoms with Gasteiger partial charge in [0.2, 0.25) is 5.91 Å². The van der Waals surface area contributed by atoms with Crippen molar-refractivity contribution in [3.05, 3.63) is 107 Å². The van der Waals surface area contributed by atoms with E-state index in [0.717, 1.165) is 11.1 Å². The van der Waals surface area contributed by atoms with Crippen molar-refractivity contribution in [3.63, 3.8) is 0 Å². The molecule has 0 aliphatic carbocycles. The third-order valence-electron chi connectivity index (χ3n) is 8.31. The van der Waals surface area contributed by atoms with Crippen LogP contribution < -0.4 is 14.8 Å². The lowest BCUT2D eigenvalue weighted by atomic mass is 9.99. The molecule has 2 aliphatic heterocycles. The van der Waals surface area contributed by atoms with Gasteiger partial charge in [0.1, 0.15) is 17.2 Å². The van der Waals surface area contributed by atoms with Crippen LogP contribution in [0.5, 0.6) is 17.2 Å². The van der Waals surface area contributed by atoms with Gasteiger partial charge in [-0.2, -0.15) is 5.10 Å². The molecule has 2 aliphatic rings. The second-order valence-electron chi connectivity index (χ2n) is 12.8. The summed E-state index contributed by atoms with van der Waals surface area (Å²) in [5, 5.41) is 7.35. The Balaban J connectivity index is 1.23. The molecule has 2 atom stereocenters. The highest BCUT2D eigenvalue weighted by molar-refractivity contribution is 5.97. The number of benzene rings is 3. The first kappa shape index (κ1) is 32.8. The Hall–Kier alpha value is -5.16. The van der Waals surface area contributed by atoms with Crippen LogP contribution in [-0.4, -0.2) is 82.7 Å². The number of piperidine rings is 1. The summed E-state index contributed by atoms with van der Waals surface area (Å²) < 4.78 is 20.4. The zero-order valence-electron chi connectivity index (χ0n) is 27.5. The van der Waals surface area contributed by atoms with E-state index in [4.69, 9.17) is 14.2 Å². The highest BCUT2D eigenvalue weighted by atomic mass is 16.5. The second kappa shape index (κ2) is 14.7. The molecule has 250 valence electrons. The number of carbonyl (C=O) groups excluding carboxylic acids is 3. The maximum atomic E-state index is 13.7. The van der Waals surface area contributed by atoms with Crippen LogP contribution >= 0.6 is 0 Å². The van der Waals surface area contributed by atoms with E-state index >= 15 is 0 Å². The normalized spacial score (nSPS) is 18.6. The number of aromatic nitrogens is 2. The minimum atomic E-state index is -0.481. The van der Waals surface area contributed by atoms with Crippen molar-refractivity contribution in [1.29, 1.82) is 0 Å². The summed E-state index contributed by atoms with van der Waals surface area (Å²) >= 11 is 0. The van der Waals surface area contributed by atoms with Gasteiger partial charge in [-0.3, -0.25) is 19.1 Å². The van der Waals surface area contributed by atoms with Crippen molar-refractivity contribution in [1.82, 2.24) is 24.9 Å². The van der Waals surface area contributed by atoms with E-state index in [1.54, 1.807) is 36.3 Å². The molecule has 0 unspecified atom stereocenters. The maximum absolute atomic E-state index is 13.7. The average Bonchev–Trinajstić information content (AvgIpc) is 3.59. The van der Waals surface area contributed by atoms with Gasteiger partial charge in [0.15, 0.2) is 0 Å². The Morgan fingerprint density at radius 1 is 1.04 bits per heavy atom. The van der Waals surface area contributed by atoms with Crippen LogP contribution in [0.2, 0.25) is 0 Å². The number of carbonyl (C=O) groups is 3. The molecular weight excluding hydrogens is 610 g/mol. The molecule has 1 saturated heterocycles. The Labute approximate surface area is 280 Å². The number of rotatable bonds is 6. The van der Waals surface area contributed by atoms with Gasteiger partial charge in [-0.05, 0) is 65.9 Å². The molecule has 1 fully saturated rings. The number of likely N-dealkylation sites (tertiary alicyclic amines) is 1. The van der Waals surface area contributed by atoms with Gasteiger partial charge in [0, 0.05) is 49.7 Å². The van der Waals surface area contributed by atoms with Gasteiger partial charge in [-0.25, -0.2) is 0 Å². The molecule has 3 aromatic carbocycles. The number of hydrogen-bond acceptors (Lipinski definition) is 7. The number of likely N-dealkylation sites (N-methyl/N-ethyl adjacent to an activating group) is 1. The van der Waals surface area contributed by atoms with Gasteiger partial charge in [-0.1, -0.05) is 38.1 Å². The monoisotopic (exact) mass is 651 g/mol. The van der Waals surface area contributed by atoms with Gasteiger partial charge in [0.05, 0.1) is 38.4 Å².